The van der Waals surface area contributed by atoms with Gasteiger partial charge in [-0.05, 0) is 56.2 Å². The van der Waals surface area contributed by atoms with Crippen LogP contribution in [0.2, 0.25) is 0 Å². The number of carbonyl (C=O) groups is 2. The van der Waals surface area contributed by atoms with Crippen LogP contribution in [0.1, 0.15) is 23.6 Å². The van der Waals surface area contributed by atoms with Crippen LogP contribution in [0.15, 0.2) is 42.0 Å². The van der Waals surface area contributed by atoms with Crippen LogP contribution >= 0.6 is 0 Å². The van der Waals surface area contributed by atoms with E-state index in [0.29, 0.717) is 17.1 Å². The molecule has 7 heteroatoms. The summed E-state index contributed by atoms with van der Waals surface area (Å²) in [6.07, 6.45) is 1.40. The second kappa shape index (κ2) is 10.7. The van der Waals surface area contributed by atoms with Crippen LogP contribution in [-0.4, -0.2) is 32.2 Å². The van der Waals surface area contributed by atoms with Crippen molar-refractivity contribution in [3.63, 3.8) is 0 Å². The highest BCUT2D eigenvalue weighted by atomic mass is 16.5. The van der Waals surface area contributed by atoms with Crippen molar-refractivity contribution in [2.75, 3.05) is 25.6 Å². The Bertz CT molecular complexity index is 1010. The molecule has 0 aromatic heterocycles. The monoisotopic (exact) mass is 408 g/mol. The Hall–Kier alpha value is -3.79. The molecule has 0 spiro atoms. The Balaban J connectivity index is 2.08. The minimum Gasteiger partial charge on any atom is -0.493 e. The Morgan fingerprint density at radius 3 is 2.53 bits per heavy atom. The maximum Gasteiger partial charge on any atom is 0.348 e. The lowest BCUT2D eigenvalue weighted by Gasteiger charge is -2.13. The highest BCUT2D eigenvalue weighted by Gasteiger charge is 2.12. The molecule has 30 heavy (non-hydrogen) atoms. The van der Waals surface area contributed by atoms with Gasteiger partial charge in [0.1, 0.15) is 11.6 Å². The maximum absolute atomic E-state index is 12.2. The molecule has 0 bridgehead atoms. The van der Waals surface area contributed by atoms with Crippen LogP contribution < -0.4 is 14.8 Å². The summed E-state index contributed by atoms with van der Waals surface area (Å²) in [5.74, 6) is -0.270. The van der Waals surface area contributed by atoms with E-state index in [9.17, 15) is 9.59 Å². The predicted molar refractivity (Wildman–Crippen MR) is 113 cm³/mol. The molecule has 2 aromatic carbocycles. The molecule has 1 amide bonds. The smallest absolute Gasteiger partial charge is 0.348 e. The minimum absolute atomic E-state index is 0.125. The lowest BCUT2D eigenvalue weighted by Crippen LogP contribution is -2.20. The van der Waals surface area contributed by atoms with E-state index in [-0.39, 0.29) is 24.7 Å². The van der Waals surface area contributed by atoms with Crippen LogP contribution in [0.3, 0.4) is 0 Å². The molecule has 1 N–H and O–H groups in total. The molecular weight excluding hydrogens is 384 g/mol. The van der Waals surface area contributed by atoms with Gasteiger partial charge in [0.15, 0.2) is 18.1 Å². The van der Waals surface area contributed by atoms with Crippen molar-refractivity contribution in [3.8, 4) is 17.6 Å². The molecule has 0 saturated heterocycles. The second-order valence-electron chi connectivity index (χ2n) is 6.46. The molecular formula is C23H24N2O5. The number of nitrogens with zero attached hydrogens (tertiary/aromatic N) is 1. The SMILES string of the molecule is CCOC(=O)/C(C#N)=C/c1ccc(OCC(=O)Nc2ccc(C)cc2C)c(OC)c1. The number of aryl methyl sites for hydroxylation is 2. The van der Waals surface area contributed by atoms with Gasteiger partial charge in [-0.2, -0.15) is 5.26 Å². The van der Waals surface area contributed by atoms with E-state index in [0.717, 1.165) is 16.8 Å². The quantitative estimate of drug-likeness (QED) is 0.405. The zero-order chi connectivity index (χ0) is 22.1. The van der Waals surface area contributed by atoms with Crippen LogP contribution in [0.25, 0.3) is 6.08 Å². The first-order valence-electron chi connectivity index (χ1n) is 9.34. The van der Waals surface area contributed by atoms with E-state index < -0.39 is 5.97 Å². The molecule has 0 heterocycles. The van der Waals surface area contributed by atoms with Crippen molar-refractivity contribution in [2.24, 2.45) is 0 Å². The summed E-state index contributed by atoms with van der Waals surface area (Å²) in [7, 11) is 1.46. The predicted octanol–water partition coefficient (Wildman–Crippen LogP) is 3.80. The van der Waals surface area contributed by atoms with E-state index in [1.54, 1.807) is 25.1 Å². The zero-order valence-corrected chi connectivity index (χ0v) is 17.4. The Kier molecular flexibility index (Phi) is 8.00. The van der Waals surface area contributed by atoms with Gasteiger partial charge < -0.3 is 19.5 Å². The van der Waals surface area contributed by atoms with Gasteiger partial charge in [-0.15, -0.1) is 0 Å². The van der Waals surface area contributed by atoms with E-state index in [4.69, 9.17) is 19.5 Å². The molecule has 0 unspecified atom stereocenters. The number of rotatable bonds is 8. The zero-order valence-electron chi connectivity index (χ0n) is 17.4. The number of nitriles is 1. The summed E-state index contributed by atoms with van der Waals surface area (Å²) < 4.78 is 15.7. The highest BCUT2D eigenvalue weighted by Crippen LogP contribution is 2.29. The van der Waals surface area contributed by atoms with E-state index in [1.807, 2.05) is 38.1 Å². The number of benzene rings is 2. The van der Waals surface area contributed by atoms with Crippen LogP contribution in [0.4, 0.5) is 5.69 Å². The van der Waals surface area contributed by atoms with E-state index in [1.165, 1.54) is 13.2 Å². The van der Waals surface area contributed by atoms with Crippen LogP contribution in [-0.2, 0) is 14.3 Å². The molecule has 0 radical (unpaired) electrons. The number of amides is 1. The number of nitrogens with one attached hydrogen (secondary N) is 1. The first-order chi connectivity index (χ1) is 14.4. The Labute approximate surface area is 175 Å². The molecule has 0 saturated carbocycles. The van der Waals surface area contributed by atoms with Gasteiger partial charge >= 0.3 is 5.97 Å². The fourth-order valence-electron chi connectivity index (χ4n) is 2.69. The van der Waals surface area contributed by atoms with E-state index >= 15 is 0 Å². The summed E-state index contributed by atoms with van der Waals surface area (Å²) in [4.78, 5) is 24.0. The number of hydrogen-bond donors (Lipinski definition) is 1. The fourth-order valence-corrected chi connectivity index (χ4v) is 2.69. The van der Waals surface area contributed by atoms with Gasteiger partial charge in [-0.3, -0.25) is 4.79 Å². The number of carbonyl (C=O) groups excluding carboxylic acids is 2. The summed E-state index contributed by atoms with van der Waals surface area (Å²) in [5, 5.41) is 12.0. The molecule has 156 valence electrons. The summed E-state index contributed by atoms with van der Waals surface area (Å²) >= 11 is 0. The lowest BCUT2D eigenvalue weighted by atomic mass is 10.1. The third kappa shape index (κ3) is 6.11. The second-order valence-corrected chi connectivity index (χ2v) is 6.46. The molecule has 0 aliphatic heterocycles. The largest absolute Gasteiger partial charge is 0.493 e. The van der Waals surface area contributed by atoms with Crippen LogP contribution in [0.5, 0.6) is 11.5 Å². The first kappa shape index (κ1) is 22.5. The standard InChI is InChI=1S/C23H24N2O5/c1-5-29-23(27)18(13-24)11-17-7-9-20(21(12-17)28-4)30-14-22(26)25-19-8-6-15(2)10-16(19)3/h6-12H,5,14H2,1-4H3,(H,25,26)/b18-11+. The van der Waals surface area contributed by atoms with Gasteiger partial charge in [0, 0.05) is 5.69 Å². The van der Waals surface area contributed by atoms with Crippen molar-refractivity contribution in [1.82, 2.24) is 0 Å². The molecule has 2 aromatic rings. The van der Waals surface area contributed by atoms with E-state index in [2.05, 4.69) is 5.32 Å². The molecule has 0 aliphatic carbocycles. The number of hydrogen-bond acceptors (Lipinski definition) is 6. The normalized spacial score (nSPS) is 10.7. The van der Waals surface area contributed by atoms with Crippen molar-refractivity contribution in [3.05, 3.63) is 58.7 Å². The minimum atomic E-state index is -0.692. The Morgan fingerprint density at radius 2 is 1.90 bits per heavy atom. The van der Waals surface area contributed by atoms with Crippen molar-refractivity contribution >= 4 is 23.6 Å². The van der Waals surface area contributed by atoms with Crippen LogP contribution in [0, 0.1) is 25.2 Å². The van der Waals surface area contributed by atoms with Gasteiger partial charge in [-0.25, -0.2) is 4.79 Å². The maximum atomic E-state index is 12.2. The average Bonchev–Trinajstić information content (AvgIpc) is 2.72. The number of methoxy groups -OCH3 is 1. The van der Waals surface area contributed by atoms with Gasteiger partial charge in [0.05, 0.1) is 13.7 Å². The third-order valence-corrected chi connectivity index (χ3v) is 4.13. The lowest BCUT2D eigenvalue weighted by molar-refractivity contribution is -0.137. The third-order valence-electron chi connectivity index (χ3n) is 4.13. The molecule has 0 aliphatic rings. The first-order valence-corrected chi connectivity index (χ1v) is 9.34. The van der Waals surface area contributed by atoms with Crippen molar-refractivity contribution in [2.45, 2.75) is 20.8 Å². The molecule has 0 fully saturated rings. The Morgan fingerprint density at radius 1 is 1.13 bits per heavy atom. The average molecular weight is 408 g/mol. The summed E-state index contributed by atoms with van der Waals surface area (Å²) in [5.41, 5.74) is 3.24. The number of ether oxygens (including phenoxy) is 3. The van der Waals surface area contributed by atoms with Gasteiger partial charge in [0.25, 0.3) is 5.91 Å². The van der Waals surface area contributed by atoms with Crippen molar-refractivity contribution in [1.29, 1.82) is 5.26 Å². The highest BCUT2D eigenvalue weighted by molar-refractivity contribution is 5.98. The van der Waals surface area contributed by atoms with Gasteiger partial charge in [0.2, 0.25) is 0 Å². The summed E-state index contributed by atoms with van der Waals surface area (Å²) in [6, 6.07) is 12.4. The summed E-state index contributed by atoms with van der Waals surface area (Å²) in [6.45, 7) is 5.55. The topological polar surface area (TPSA) is 97.7 Å². The van der Waals surface area contributed by atoms with Gasteiger partial charge in [-0.1, -0.05) is 23.8 Å². The number of esters is 1. The molecule has 2 rings (SSSR count). The number of anilines is 1. The molecule has 7 nitrogen and oxygen atoms in total. The fraction of sp³-hybridized carbons (Fsp3) is 0.261. The molecule has 0 atom stereocenters. The van der Waals surface area contributed by atoms with Crippen molar-refractivity contribution < 1.29 is 23.8 Å².